The standard InChI is InChI=1S/C20H24N4O2/c25-20(15-8-10-26-11-9-15)24-16-6-7-17(24)13-23-18(12-16)21-22-19(23)14-4-2-1-3-5-14/h1-5,15-17H,6-13H2. The van der Waals surface area contributed by atoms with Gasteiger partial charge in [-0.15, -0.1) is 10.2 Å². The number of carbonyl (C=O) groups is 1. The maximum Gasteiger partial charge on any atom is 0.226 e. The molecule has 2 atom stereocenters. The van der Waals surface area contributed by atoms with Gasteiger partial charge in [0.2, 0.25) is 5.91 Å². The molecule has 1 aromatic heterocycles. The van der Waals surface area contributed by atoms with E-state index in [1.807, 2.05) is 18.2 Å². The molecule has 6 nitrogen and oxygen atoms in total. The lowest BCUT2D eigenvalue weighted by Gasteiger charge is -2.33. The molecule has 2 aromatic rings. The van der Waals surface area contributed by atoms with E-state index >= 15 is 0 Å². The SMILES string of the molecule is O=C(C1CCOCC1)N1C2CCC1Cn1c(nnc1-c1ccccc1)C2. The molecule has 0 saturated carbocycles. The molecule has 1 amide bonds. The van der Waals surface area contributed by atoms with E-state index in [4.69, 9.17) is 4.74 Å². The zero-order valence-corrected chi connectivity index (χ0v) is 14.9. The molecule has 0 N–H and O–H groups in total. The first-order valence-electron chi connectivity index (χ1n) is 9.68. The molecular weight excluding hydrogens is 328 g/mol. The largest absolute Gasteiger partial charge is 0.381 e. The van der Waals surface area contributed by atoms with Crippen LogP contribution in [-0.4, -0.2) is 50.9 Å². The Morgan fingerprint density at radius 1 is 1.00 bits per heavy atom. The van der Waals surface area contributed by atoms with Crippen molar-refractivity contribution in [2.45, 2.75) is 50.7 Å². The molecule has 2 bridgehead atoms. The summed E-state index contributed by atoms with van der Waals surface area (Å²) in [4.78, 5) is 15.4. The molecule has 3 aliphatic heterocycles. The van der Waals surface area contributed by atoms with Crippen molar-refractivity contribution in [2.24, 2.45) is 5.92 Å². The zero-order valence-electron chi connectivity index (χ0n) is 14.9. The third-order valence-electron chi connectivity index (χ3n) is 6.12. The van der Waals surface area contributed by atoms with E-state index in [0.29, 0.717) is 19.1 Å². The van der Waals surface area contributed by atoms with E-state index in [0.717, 1.165) is 55.9 Å². The molecular formula is C20H24N4O2. The van der Waals surface area contributed by atoms with Crippen LogP contribution in [0.4, 0.5) is 0 Å². The molecule has 2 unspecified atom stereocenters. The Morgan fingerprint density at radius 3 is 2.58 bits per heavy atom. The van der Waals surface area contributed by atoms with Gasteiger partial charge in [0.25, 0.3) is 0 Å². The first-order chi connectivity index (χ1) is 12.8. The van der Waals surface area contributed by atoms with Gasteiger partial charge in [0.05, 0.1) is 6.04 Å². The van der Waals surface area contributed by atoms with Gasteiger partial charge in [-0.2, -0.15) is 0 Å². The number of benzene rings is 1. The summed E-state index contributed by atoms with van der Waals surface area (Å²) >= 11 is 0. The highest BCUT2D eigenvalue weighted by molar-refractivity contribution is 5.80. The summed E-state index contributed by atoms with van der Waals surface area (Å²) in [5.41, 5.74) is 1.09. The van der Waals surface area contributed by atoms with Crippen LogP contribution >= 0.6 is 0 Å². The minimum Gasteiger partial charge on any atom is -0.381 e. The first-order valence-corrected chi connectivity index (χ1v) is 9.68. The predicted molar refractivity (Wildman–Crippen MR) is 96.4 cm³/mol. The Labute approximate surface area is 153 Å². The Hall–Kier alpha value is -2.21. The zero-order chi connectivity index (χ0) is 17.5. The predicted octanol–water partition coefficient (Wildman–Crippen LogP) is 2.29. The summed E-state index contributed by atoms with van der Waals surface area (Å²) in [5, 5.41) is 8.93. The van der Waals surface area contributed by atoms with Gasteiger partial charge in [-0.1, -0.05) is 30.3 Å². The van der Waals surface area contributed by atoms with Crippen molar-refractivity contribution in [3.05, 3.63) is 36.2 Å². The molecule has 2 fully saturated rings. The number of fused-ring (bicyclic) bond motifs is 3. The monoisotopic (exact) mass is 352 g/mol. The summed E-state index contributed by atoms with van der Waals surface area (Å²) in [6.07, 6.45) is 4.68. The van der Waals surface area contributed by atoms with E-state index < -0.39 is 0 Å². The van der Waals surface area contributed by atoms with Crippen LogP contribution in [-0.2, 0) is 22.5 Å². The van der Waals surface area contributed by atoms with Crippen molar-refractivity contribution in [2.75, 3.05) is 13.2 Å². The minimum atomic E-state index is 0.129. The van der Waals surface area contributed by atoms with E-state index in [-0.39, 0.29) is 18.0 Å². The number of amides is 1. The van der Waals surface area contributed by atoms with Crippen molar-refractivity contribution < 1.29 is 9.53 Å². The van der Waals surface area contributed by atoms with Crippen LogP contribution in [0.25, 0.3) is 11.4 Å². The summed E-state index contributed by atoms with van der Waals surface area (Å²) < 4.78 is 7.68. The number of aromatic nitrogens is 3. The maximum absolute atomic E-state index is 13.2. The van der Waals surface area contributed by atoms with Gasteiger partial charge < -0.3 is 14.2 Å². The van der Waals surface area contributed by atoms with E-state index in [9.17, 15) is 4.79 Å². The van der Waals surface area contributed by atoms with Gasteiger partial charge in [-0.25, -0.2) is 0 Å². The van der Waals surface area contributed by atoms with E-state index in [2.05, 4.69) is 31.8 Å². The second kappa shape index (κ2) is 6.50. The normalized spacial score (nSPS) is 25.8. The van der Waals surface area contributed by atoms with Gasteiger partial charge in [0.1, 0.15) is 5.82 Å². The topological polar surface area (TPSA) is 60.2 Å². The van der Waals surface area contributed by atoms with Crippen molar-refractivity contribution in [3.63, 3.8) is 0 Å². The molecule has 0 radical (unpaired) electrons. The van der Waals surface area contributed by atoms with Gasteiger partial charge in [0, 0.05) is 43.7 Å². The lowest BCUT2D eigenvalue weighted by atomic mass is 9.97. The second-order valence-corrected chi connectivity index (χ2v) is 7.64. The molecule has 1 aromatic carbocycles. The number of hydrogen-bond donors (Lipinski definition) is 0. The van der Waals surface area contributed by atoms with Gasteiger partial charge in [-0.05, 0) is 25.7 Å². The fraction of sp³-hybridized carbons (Fsp3) is 0.550. The molecule has 26 heavy (non-hydrogen) atoms. The molecule has 2 saturated heterocycles. The molecule has 4 heterocycles. The van der Waals surface area contributed by atoms with Crippen LogP contribution < -0.4 is 0 Å². The van der Waals surface area contributed by atoms with Gasteiger partial charge in [0.15, 0.2) is 5.82 Å². The third kappa shape index (κ3) is 2.63. The lowest BCUT2D eigenvalue weighted by molar-refractivity contribution is -0.141. The number of ether oxygens (including phenoxy) is 1. The number of rotatable bonds is 2. The molecule has 5 rings (SSSR count). The molecule has 3 aliphatic rings. The Kier molecular flexibility index (Phi) is 4.00. The van der Waals surface area contributed by atoms with Crippen LogP contribution in [0, 0.1) is 5.92 Å². The highest BCUT2D eigenvalue weighted by Crippen LogP contribution is 2.35. The minimum absolute atomic E-state index is 0.129. The Morgan fingerprint density at radius 2 is 1.77 bits per heavy atom. The molecule has 0 aliphatic carbocycles. The fourth-order valence-electron chi connectivity index (χ4n) is 4.76. The van der Waals surface area contributed by atoms with Crippen LogP contribution in [0.5, 0.6) is 0 Å². The maximum atomic E-state index is 13.2. The smallest absolute Gasteiger partial charge is 0.226 e. The fourth-order valence-corrected chi connectivity index (χ4v) is 4.76. The van der Waals surface area contributed by atoms with Gasteiger partial charge in [-0.3, -0.25) is 4.79 Å². The highest BCUT2D eigenvalue weighted by Gasteiger charge is 2.43. The second-order valence-electron chi connectivity index (χ2n) is 7.64. The average molecular weight is 352 g/mol. The lowest BCUT2D eigenvalue weighted by Crippen LogP contribution is -2.46. The number of carbonyl (C=O) groups excluding carboxylic acids is 1. The van der Waals surface area contributed by atoms with Crippen molar-refractivity contribution in [3.8, 4) is 11.4 Å². The van der Waals surface area contributed by atoms with Crippen LogP contribution in [0.1, 0.15) is 31.5 Å². The van der Waals surface area contributed by atoms with Gasteiger partial charge >= 0.3 is 0 Å². The van der Waals surface area contributed by atoms with Crippen molar-refractivity contribution in [1.82, 2.24) is 19.7 Å². The average Bonchev–Trinajstić information content (AvgIpc) is 3.22. The van der Waals surface area contributed by atoms with Crippen LogP contribution in [0.15, 0.2) is 30.3 Å². The van der Waals surface area contributed by atoms with Crippen molar-refractivity contribution in [1.29, 1.82) is 0 Å². The summed E-state index contributed by atoms with van der Waals surface area (Å²) in [6, 6.07) is 10.7. The van der Waals surface area contributed by atoms with Crippen LogP contribution in [0.3, 0.4) is 0 Å². The van der Waals surface area contributed by atoms with Crippen molar-refractivity contribution >= 4 is 5.91 Å². The Bertz CT molecular complexity index is 797. The summed E-state index contributed by atoms with van der Waals surface area (Å²) in [5.74, 6) is 2.40. The number of hydrogen-bond acceptors (Lipinski definition) is 4. The summed E-state index contributed by atoms with van der Waals surface area (Å²) in [7, 11) is 0. The third-order valence-corrected chi connectivity index (χ3v) is 6.12. The number of nitrogens with zero attached hydrogens (tertiary/aromatic N) is 4. The van der Waals surface area contributed by atoms with E-state index in [1.54, 1.807) is 0 Å². The summed E-state index contributed by atoms with van der Waals surface area (Å²) in [6.45, 7) is 2.23. The highest BCUT2D eigenvalue weighted by atomic mass is 16.5. The first kappa shape index (κ1) is 16.0. The Balaban J connectivity index is 1.44. The molecule has 0 spiro atoms. The van der Waals surface area contributed by atoms with Crippen LogP contribution in [0.2, 0.25) is 0 Å². The molecule has 6 heteroatoms. The molecule has 136 valence electrons. The quantitative estimate of drug-likeness (QED) is 0.832. The van der Waals surface area contributed by atoms with E-state index in [1.165, 1.54) is 0 Å².